The molecule has 100 valence electrons. The van der Waals surface area contributed by atoms with Crippen LogP contribution in [0.3, 0.4) is 0 Å². The van der Waals surface area contributed by atoms with Gasteiger partial charge in [-0.1, -0.05) is 13.3 Å². The normalized spacial score (nSPS) is 25.2. The molecule has 0 unspecified atom stereocenters. The highest BCUT2D eigenvalue weighted by Gasteiger charge is 2.22. The molecular weight excluding hydrogens is 228 g/mol. The minimum absolute atomic E-state index is 0.806. The highest BCUT2D eigenvalue weighted by Crippen LogP contribution is 2.19. The van der Waals surface area contributed by atoms with Gasteiger partial charge in [0.05, 0.1) is 0 Å². The third-order valence-electron chi connectivity index (χ3n) is 4.11. The van der Waals surface area contributed by atoms with Crippen LogP contribution in [0.2, 0.25) is 0 Å². The number of thioether (sulfide) groups is 1. The molecule has 0 bridgehead atoms. The maximum Gasteiger partial charge on any atom is 0.00940 e. The fraction of sp³-hybridized carbons (Fsp3) is 1.00. The van der Waals surface area contributed by atoms with Crippen molar-refractivity contribution in [3.05, 3.63) is 0 Å². The summed E-state index contributed by atoms with van der Waals surface area (Å²) < 4.78 is 0. The first-order valence-electron chi connectivity index (χ1n) is 7.44. The number of rotatable bonds is 5. The lowest BCUT2D eigenvalue weighted by molar-refractivity contribution is 0.187. The van der Waals surface area contributed by atoms with Gasteiger partial charge in [0.2, 0.25) is 0 Å². The Morgan fingerprint density at radius 1 is 1.06 bits per heavy atom. The zero-order valence-electron chi connectivity index (χ0n) is 11.3. The van der Waals surface area contributed by atoms with Crippen molar-refractivity contribution in [3.8, 4) is 0 Å². The lowest BCUT2D eigenvalue weighted by Gasteiger charge is -2.35. The van der Waals surface area contributed by atoms with Gasteiger partial charge in [0.1, 0.15) is 0 Å². The van der Waals surface area contributed by atoms with Gasteiger partial charge >= 0.3 is 0 Å². The molecule has 0 aromatic carbocycles. The number of piperidine rings is 1. The predicted molar refractivity (Wildman–Crippen MR) is 77.9 cm³/mol. The second kappa shape index (κ2) is 7.65. The molecule has 2 saturated heterocycles. The molecular formula is C14H28N2S. The van der Waals surface area contributed by atoms with Gasteiger partial charge < -0.3 is 10.2 Å². The van der Waals surface area contributed by atoms with E-state index in [0.29, 0.717) is 0 Å². The zero-order valence-corrected chi connectivity index (χ0v) is 12.1. The van der Waals surface area contributed by atoms with Gasteiger partial charge in [-0.05, 0) is 63.2 Å². The standard InChI is InChI=1S/C14H28N2S/c1-2-3-8-16-9-4-13(5-10-16)15-14-6-11-17-12-7-14/h13-15H,2-12H2,1H3. The fourth-order valence-corrected chi connectivity index (χ4v) is 4.01. The van der Waals surface area contributed by atoms with E-state index in [4.69, 9.17) is 0 Å². The van der Waals surface area contributed by atoms with Gasteiger partial charge in [-0.15, -0.1) is 0 Å². The average Bonchev–Trinajstić information content (AvgIpc) is 2.39. The number of unbranched alkanes of at least 4 members (excludes halogenated alkanes) is 1. The molecule has 17 heavy (non-hydrogen) atoms. The van der Waals surface area contributed by atoms with E-state index in [2.05, 4.69) is 28.9 Å². The number of nitrogens with one attached hydrogen (secondary N) is 1. The van der Waals surface area contributed by atoms with Gasteiger partial charge in [-0.2, -0.15) is 11.8 Å². The maximum atomic E-state index is 3.89. The quantitative estimate of drug-likeness (QED) is 0.814. The summed E-state index contributed by atoms with van der Waals surface area (Å²) in [6.45, 7) is 6.25. The van der Waals surface area contributed by atoms with E-state index < -0.39 is 0 Å². The Labute approximate surface area is 111 Å². The van der Waals surface area contributed by atoms with Gasteiger partial charge in [-0.25, -0.2) is 0 Å². The Kier molecular flexibility index (Phi) is 6.16. The van der Waals surface area contributed by atoms with E-state index in [1.165, 1.54) is 69.7 Å². The monoisotopic (exact) mass is 256 g/mol. The second-order valence-corrected chi connectivity index (χ2v) is 6.75. The first-order chi connectivity index (χ1) is 8.38. The number of hydrogen-bond acceptors (Lipinski definition) is 3. The molecule has 0 radical (unpaired) electrons. The fourth-order valence-electron chi connectivity index (χ4n) is 2.90. The second-order valence-electron chi connectivity index (χ2n) is 5.52. The molecule has 0 aliphatic carbocycles. The van der Waals surface area contributed by atoms with Crippen LogP contribution in [-0.2, 0) is 0 Å². The van der Waals surface area contributed by atoms with Crippen LogP contribution in [0.4, 0.5) is 0 Å². The van der Waals surface area contributed by atoms with Gasteiger partial charge in [0.25, 0.3) is 0 Å². The summed E-state index contributed by atoms with van der Waals surface area (Å²) in [5.74, 6) is 2.74. The molecule has 0 amide bonds. The van der Waals surface area contributed by atoms with E-state index in [0.717, 1.165) is 12.1 Å². The van der Waals surface area contributed by atoms with Crippen LogP contribution < -0.4 is 5.32 Å². The highest BCUT2D eigenvalue weighted by atomic mass is 32.2. The van der Waals surface area contributed by atoms with E-state index in [1.807, 2.05) is 0 Å². The van der Waals surface area contributed by atoms with Gasteiger partial charge in [-0.3, -0.25) is 0 Å². The highest BCUT2D eigenvalue weighted by molar-refractivity contribution is 7.99. The van der Waals surface area contributed by atoms with Crippen molar-refractivity contribution in [2.45, 2.75) is 57.5 Å². The molecule has 0 aromatic rings. The average molecular weight is 256 g/mol. The topological polar surface area (TPSA) is 15.3 Å². The summed E-state index contributed by atoms with van der Waals surface area (Å²) in [5.41, 5.74) is 0. The van der Waals surface area contributed by atoms with Gasteiger partial charge in [0, 0.05) is 12.1 Å². The Morgan fingerprint density at radius 2 is 1.71 bits per heavy atom. The number of nitrogens with zero attached hydrogens (tertiary/aromatic N) is 1. The van der Waals surface area contributed by atoms with Crippen molar-refractivity contribution in [1.29, 1.82) is 0 Å². The minimum atomic E-state index is 0.806. The molecule has 2 nitrogen and oxygen atoms in total. The first kappa shape index (κ1) is 13.7. The zero-order chi connectivity index (χ0) is 11.9. The van der Waals surface area contributed by atoms with Crippen LogP contribution in [-0.4, -0.2) is 48.1 Å². The number of likely N-dealkylation sites (tertiary alicyclic amines) is 1. The van der Waals surface area contributed by atoms with Crippen molar-refractivity contribution < 1.29 is 0 Å². The molecule has 0 saturated carbocycles. The van der Waals surface area contributed by atoms with Crippen molar-refractivity contribution in [2.24, 2.45) is 0 Å². The summed E-state index contributed by atoms with van der Waals surface area (Å²) in [5, 5.41) is 3.89. The van der Waals surface area contributed by atoms with Gasteiger partial charge in [0.15, 0.2) is 0 Å². The van der Waals surface area contributed by atoms with E-state index >= 15 is 0 Å². The Bertz CT molecular complexity index is 196. The molecule has 2 aliphatic rings. The molecule has 1 N–H and O–H groups in total. The number of hydrogen-bond donors (Lipinski definition) is 1. The van der Waals surface area contributed by atoms with Crippen LogP contribution in [0.5, 0.6) is 0 Å². The summed E-state index contributed by atoms with van der Waals surface area (Å²) in [7, 11) is 0. The smallest absolute Gasteiger partial charge is 0.00940 e. The first-order valence-corrected chi connectivity index (χ1v) is 8.60. The van der Waals surface area contributed by atoms with Crippen molar-refractivity contribution in [3.63, 3.8) is 0 Å². The predicted octanol–water partition coefficient (Wildman–Crippen LogP) is 2.74. The van der Waals surface area contributed by atoms with Crippen molar-refractivity contribution in [1.82, 2.24) is 10.2 Å². The molecule has 0 spiro atoms. The maximum absolute atomic E-state index is 3.89. The summed E-state index contributed by atoms with van der Waals surface area (Å²) in [6, 6.07) is 1.63. The third kappa shape index (κ3) is 4.80. The Morgan fingerprint density at radius 3 is 2.35 bits per heavy atom. The van der Waals surface area contributed by atoms with Crippen molar-refractivity contribution in [2.75, 3.05) is 31.1 Å². The summed E-state index contributed by atoms with van der Waals surface area (Å²) >= 11 is 2.12. The lowest BCUT2D eigenvalue weighted by Crippen LogP contribution is -2.47. The van der Waals surface area contributed by atoms with Crippen LogP contribution in [0.15, 0.2) is 0 Å². The van der Waals surface area contributed by atoms with Crippen LogP contribution in [0.25, 0.3) is 0 Å². The molecule has 2 rings (SSSR count). The molecule has 0 aromatic heterocycles. The molecule has 2 aliphatic heterocycles. The minimum Gasteiger partial charge on any atom is -0.311 e. The SMILES string of the molecule is CCCCN1CCC(NC2CCSCC2)CC1. The van der Waals surface area contributed by atoms with E-state index in [9.17, 15) is 0 Å². The van der Waals surface area contributed by atoms with Crippen LogP contribution >= 0.6 is 11.8 Å². The summed E-state index contributed by atoms with van der Waals surface area (Å²) in [4.78, 5) is 2.65. The van der Waals surface area contributed by atoms with Crippen LogP contribution in [0, 0.1) is 0 Å². The van der Waals surface area contributed by atoms with Crippen molar-refractivity contribution >= 4 is 11.8 Å². The Hall–Kier alpha value is 0.270. The largest absolute Gasteiger partial charge is 0.311 e. The van der Waals surface area contributed by atoms with E-state index in [-0.39, 0.29) is 0 Å². The molecule has 2 fully saturated rings. The van der Waals surface area contributed by atoms with E-state index in [1.54, 1.807) is 0 Å². The summed E-state index contributed by atoms with van der Waals surface area (Å²) in [6.07, 6.45) is 8.22. The van der Waals surface area contributed by atoms with Crippen LogP contribution in [0.1, 0.15) is 45.4 Å². The molecule has 3 heteroatoms. The molecule has 0 atom stereocenters. The Balaban J connectivity index is 1.61. The molecule has 2 heterocycles. The lowest BCUT2D eigenvalue weighted by atomic mass is 10.0. The third-order valence-corrected chi connectivity index (χ3v) is 5.16.